The summed E-state index contributed by atoms with van der Waals surface area (Å²) in [5.74, 6) is 0.651. The zero-order chi connectivity index (χ0) is 18.0. The highest BCUT2D eigenvalue weighted by Crippen LogP contribution is 2.27. The molecule has 0 saturated heterocycles. The molecule has 130 valence electrons. The molecule has 0 bridgehead atoms. The van der Waals surface area contributed by atoms with E-state index in [2.05, 4.69) is 20.4 Å². The van der Waals surface area contributed by atoms with Crippen LogP contribution in [0.5, 0.6) is 0 Å². The Morgan fingerprint density at radius 2 is 2.24 bits per heavy atom. The van der Waals surface area contributed by atoms with E-state index in [1.165, 1.54) is 16.0 Å². The van der Waals surface area contributed by atoms with Crippen molar-refractivity contribution in [2.75, 3.05) is 11.2 Å². The Morgan fingerprint density at radius 1 is 1.44 bits per heavy atom. The normalized spacial score (nSPS) is 10.8. The number of halogens is 1. The SMILES string of the molecule is Cc1nc(-n2nc(-c3cccs3)cc2NC(=O)CCCl)[nH]c(=O)c1C. The molecule has 25 heavy (non-hydrogen) atoms. The summed E-state index contributed by atoms with van der Waals surface area (Å²) in [6.07, 6.45) is 0.179. The third-order valence-corrected chi connectivity index (χ3v) is 4.74. The second-order valence-corrected chi connectivity index (χ2v) is 6.72. The Balaban J connectivity index is 2.10. The summed E-state index contributed by atoms with van der Waals surface area (Å²) in [6.45, 7) is 3.46. The van der Waals surface area contributed by atoms with Gasteiger partial charge in [0, 0.05) is 29.6 Å². The minimum absolute atomic E-state index is 0.179. The molecular weight excluding hydrogens is 362 g/mol. The molecule has 0 radical (unpaired) electrons. The molecule has 0 aromatic carbocycles. The monoisotopic (exact) mass is 377 g/mol. The number of rotatable bonds is 5. The highest BCUT2D eigenvalue weighted by Gasteiger charge is 2.16. The molecule has 0 unspecified atom stereocenters. The molecule has 0 spiro atoms. The van der Waals surface area contributed by atoms with Gasteiger partial charge in [-0.1, -0.05) is 6.07 Å². The van der Waals surface area contributed by atoms with Crippen molar-refractivity contribution in [3.05, 3.63) is 45.2 Å². The molecule has 7 nitrogen and oxygen atoms in total. The quantitative estimate of drug-likeness (QED) is 0.668. The average molecular weight is 378 g/mol. The molecule has 0 aliphatic carbocycles. The number of aryl methyl sites for hydroxylation is 1. The van der Waals surface area contributed by atoms with Gasteiger partial charge in [0.1, 0.15) is 11.5 Å². The number of hydrogen-bond donors (Lipinski definition) is 2. The van der Waals surface area contributed by atoms with Crippen molar-refractivity contribution in [3.8, 4) is 16.5 Å². The smallest absolute Gasteiger partial charge is 0.255 e. The van der Waals surface area contributed by atoms with Crippen LogP contribution in [-0.4, -0.2) is 31.5 Å². The van der Waals surface area contributed by atoms with Gasteiger partial charge in [0.15, 0.2) is 0 Å². The first-order chi connectivity index (χ1) is 12.0. The summed E-state index contributed by atoms with van der Waals surface area (Å²) in [4.78, 5) is 32.0. The number of carbonyl (C=O) groups is 1. The molecule has 0 aliphatic heterocycles. The number of H-pyrrole nitrogens is 1. The largest absolute Gasteiger partial charge is 0.310 e. The first-order valence-electron chi connectivity index (χ1n) is 7.57. The van der Waals surface area contributed by atoms with Crippen molar-refractivity contribution in [1.82, 2.24) is 19.7 Å². The Bertz CT molecular complexity index is 962. The van der Waals surface area contributed by atoms with Crippen molar-refractivity contribution in [2.45, 2.75) is 20.3 Å². The summed E-state index contributed by atoms with van der Waals surface area (Å²) in [7, 11) is 0. The van der Waals surface area contributed by atoms with E-state index in [1.54, 1.807) is 19.9 Å². The highest BCUT2D eigenvalue weighted by molar-refractivity contribution is 7.13. The number of hydrogen-bond acceptors (Lipinski definition) is 5. The molecule has 3 heterocycles. The molecule has 3 aromatic heterocycles. The molecule has 3 rings (SSSR count). The standard InChI is InChI=1S/C16H16ClN5O2S/c1-9-10(2)18-16(20-15(9)24)22-13(19-14(23)5-6-17)8-11(21-22)12-4-3-7-25-12/h3-4,7-8H,5-6H2,1-2H3,(H,19,23)(H,18,20,24). The molecule has 0 aliphatic rings. The lowest BCUT2D eigenvalue weighted by atomic mass is 10.3. The van der Waals surface area contributed by atoms with E-state index < -0.39 is 0 Å². The van der Waals surface area contributed by atoms with Gasteiger partial charge in [-0.15, -0.1) is 22.9 Å². The van der Waals surface area contributed by atoms with Crippen LogP contribution in [0, 0.1) is 13.8 Å². The second-order valence-electron chi connectivity index (χ2n) is 5.39. The zero-order valence-electron chi connectivity index (χ0n) is 13.7. The number of alkyl halides is 1. The van der Waals surface area contributed by atoms with Gasteiger partial charge in [-0.3, -0.25) is 14.6 Å². The lowest BCUT2D eigenvalue weighted by Crippen LogP contribution is -2.20. The van der Waals surface area contributed by atoms with Crippen molar-refractivity contribution in [2.24, 2.45) is 0 Å². The fourth-order valence-electron chi connectivity index (χ4n) is 2.20. The number of anilines is 1. The Kier molecular flexibility index (Phi) is 5.00. The lowest BCUT2D eigenvalue weighted by molar-refractivity contribution is -0.115. The maximum Gasteiger partial charge on any atom is 0.255 e. The van der Waals surface area contributed by atoms with Crippen LogP contribution in [-0.2, 0) is 4.79 Å². The highest BCUT2D eigenvalue weighted by atomic mass is 35.5. The number of amides is 1. The summed E-state index contributed by atoms with van der Waals surface area (Å²) in [5, 5.41) is 9.20. The Morgan fingerprint density at radius 3 is 2.88 bits per heavy atom. The van der Waals surface area contributed by atoms with Crippen molar-refractivity contribution in [3.63, 3.8) is 0 Å². The van der Waals surface area contributed by atoms with Crippen molar-refractivity contribution < 1.29 is 4.79 Å². The van der Waals surface area contributed by atoms with Crippen LogP contribution < -0.4 is 10.9 Å². The summed E-state index contributed by atoms with van der Waals surface area (Å²) < 4.78 is 1.43. The van der Waals surface area contributed by atoms with E-state index in [-0.39, 0.29) is 29.7 Å². The molecular formula is C16H16ClN5O2S. The van der Waals surface area contributed by atoms with E-state index in [4.69, 9.17) is 11.6 Å². The number of nitrogens with one attached hydrogen (secondary N) is 2. The van der Waals surface area contributed by atoms with Crippen LogP contribution in [0.1, 0.15) is 17.7 Å². The van der Waals surface area contributed by atoms with Crippen LogP contribution >= 0.6 is 22.9 Å². The predicted molar refractivity (Wildman–Crippen MR) is 98.7 cm³/mol. The summed E-state index contributed by atoms with van der Waals surface area (Å²) in [5.41, 5.74) is 1.58. The van der Waals surface area contributed by atoms with Gasteiger partial charge in [0.25, 0.3) is 5.56 Å². The third-order valence-electron chi connectivity index (χ3n) is 3.65. The summed E-state index contributed by atoms with van der Waals surface area (Å²) in [6, 6.07) is 5.59. The number of aromatic nitrogens is 4. The molecule has 0 fully saturated rings. The van der Waals surface area contributed by atoms with Crippen molar-refractivity contribution in [1.29, 1.82) is 0 Å². The molecule has 1 amide bonds. The van der Waals surface area contributed by atoms with E-state index >= 15 is 0 Å². The molecule has 3 aromatic rings. The molecule has 0 atom stereocenters. The fraction of sp³-hybridized carbons (Fsp3) is 0.250. The van der Waals surface area contributed by atoms with Gasteiger partial charge in [0.2, 0.25) is 11.9 Å². The number of carbonyl (C=O) groups excluding carboxylic acids is 1. The van der Waals surface area contributed by atoms with Gasteiger partial charge in [-0.05, 0) is 25.3 Å². The van der Waals surface area contributed by atoms with Crippen LogP contribution in [0.3, 0.4) is 0 Å². The lowest BCUT2D eigenvalue weighted by Gasteiger charge is -2.08. The first-order valence-corrected chi connectivity index (χ1v) is 8.98. The average Bonchev–Trinajstić information content (AvgIpc) is 3.21. The number of nitrogens with zero attached hydrogens (tertiary/aromatic N) is 3. The van der Waals surface area contributed by atoms with E-state index in [0.717, 1.165) is 4.88 Å². The molecule has 0 saturated carbocycles. The molecule has 9 heteroatoms. The van der Waals surface area contributed by atoms with E-state index in [9.17, 15) is 9.59 Å². The van der Waals surface area contributed by atoms with Crippen molar-refractivity contribution >= 4 is 34.7 Å². The summed E-state index contributed by atoms with van der Waals surface area (Å²) >= 11 is 7.15. The van der Waals surface area contributed by atoms with E-state index in [0.29, 0.717) is 22.8 Å². The maximum atomic E-state index is 12.1. The Hall–Kier alpha value is -2.45. The second kappa shape index (κ2) is 7.20. The third kappa shape index (κ3) is 3.64. The van der Waals surface area contributed by atoms with Crippen LogP contribution in [0.25, 0.3) is 16.5 Å². The Labute approximate surface area is 152 Å². The van der Waals surface area contributed by atoms with Crippen LogP contribution in [0.2, 0.25) is 0 Å². The van der Waals surface area contributed by atoms with Crippen LogP contribution in [0.4, 0.5) is 5.82 Å². The first kappa shape index (κ1) is 17.4. The fourth-order valence-corrected chi connectivity index (χ4v) is 3.05. The van der Waals surface area contributed by atoms with E-state index in [1.807, 2.05) is 17.5 Å². The van der Waals surface area contributed by atoms with Crippen LogP contribution in [0.15, 0.2) is 28.4 Å². The number of thiophene rings is 1. The molecule has 2 N–H and O–H groups in total. The van der Waals surface area contributed by atoms with Gasteiger partial charge < -0.3 is 5.32 Å². The topological polar surface area (TPSA) is 92.7 Å². The maximum absolute atomic E-state index is 12.1. The van der Waals surface area contributed by atoms with Gasteiger partial charge in [-0.2, -0.15) is 9.78 Å². The zero-order valence-corrected chi connectivity index (χ0v) is 15.2. The number of aromatic amines is 1. The van der Waals surface area contributed by atoms with Gasteiger partial charge >= 0.3 is 0 Å². The predicted octanol–water partition coefficient (Wildman–Crippen LogP) is 2.87. The van der Waals surface area contributed by atoms with Gasteiger partial charge in [-0.25, -0.2) is 4.98 Å². The van der Waals surface area contributed by atoms with Gasteiger partial charge in [0.05, 0.1) is 4.88 Å². The minimum atomic E-state index is -0.242. The minimum Gasteiger partial charge on any atom is -0.310 e.